The molecule has 0 fully saturated rings. The number of carbonyl (C=O) groups excluding carboxylic acids is 1. The van der Waals surface area contributed by atoms with Crippen LogP contribution in [-0.2, 0) is 39.4 Å². The first kappa shape index (κ1) is 29.2. The van der Waals surface area contributed by atoms with Crippen molar-refractivity contribution in [2.24, 2.45) is 0 Å². The van der Waals surface area contributed by atoms with E-state index in [-0.39, 0.29) is 18.7 Å². The van der Waals surface area contributed by atoms with Gasteiger partial charge in [-0.1, -0.05) is 35.5 Å². The fourth-order valence-electron chi connectivity index (χ4n) is 3.15. The smallest absolute Gasteiger partial charge is 0.326 e. The SMILES string of the molecule is CCOC(=O)Cn1c(SC)nc(CC[C@@](C)(N[S+]([O-])C(C)(C)C)c2ccc(Cl)cc2)c(Br)c1=O. The Kier molecular flexibility index (Phi) is 10.5. The average Bonchev–Trinajstić information content (AvgIpc) is 2.76. The van der Waals surface area contributed by atoms with Crippen molar-refractivity contribution >= 4 is 56.6 Å². The summed E-state index contributed by atoms with van der Waals surface area (Å²) in [4.78, 5) is 29.6. The number of hydrogen-bond donors (Lipinski definition) is 1. The molecule has 0 bridgehead atoms. The molecule has 0 saturated heterocycles. The van der Waals surface area contributed by atoms with Crippen molar-refractivity contribution in [1.82, 2.24) is 14.3 Å². The summed E-state index contributed by atoms with van der Waals surface area (Å²) in [5.41, 5.74) is 0.467. The minimum atomic E-state index is -1.34. The Morgan fingerprint density at radius 2 is 1.91 bits per heavy atom. The zero-order valence-electron chi connectivity index (χ0n) is 20.2. The van der Waals surface area contributed by atoms with Gasteiger partial charge in [0, 0.05) is 16.4 Å². The third kappa shape index (κ3) is 7.48. The number of benzene rings is 1. The number of thioether (sulfide) groups is 1. The second kappa shape index (κ2) is 12.3. The predicted molar refractivity (Wildman–Crippen MR) is 143 cm³/mol. The van der Waals surface area contributed by atoms with E-state index in [0.717, 1.165) is 5.56 Å². The molecule has 34 heavy (non-hydrogen) atoms. The molecule has 0 radical (unpaired) electrons. The molecule has 0 aliphatic rings. The van der Waals surface area contributed by atoms with Gasteiger partial charge in [-0.2, -0.15) is 0 Å². The molecule has 188 valence electrons. The lowest BCUT2D eigenvalue weighted by atomic mass is 9.88. The van der Waals surface area contributed by atoms with Crippen molar-refractivity contribution in [2.45, 2.75) is 69.4 Å². The van der Waals surface area contributed by atoms with E-state index in [1.807, 2.05) is 39.8 Å². The first-order chi connectivity index (χ1) is 15.8. The van der Waals surface area contributed by atoms with Gasteiger partial charge in [0.2, 0.25) is 0 Å². The molecule has 0 amide bonds. The van der Waals surface area contributed by atoms with Gasteiger partial charge < -0.3 is 9.29 Å². The highest BCUT2D eigenvalue weighted by Crippen LogP contribution is 2.31. The molecule has 1 heterocycles. The van der Waals surface area contributed by atoms with Crippen molar-refractivity contribution in [2.75, 3.05) is 12.9 Å². The maximum atomic E-state index is 13.0. The van der Waals surface area contributed by atoms with Crippen LogP contribution in [-0.4, -0.2) is 37.7 Å². The average molecular weight is 593 g/mol. The molecule has 1 aromatic heterocycles. The second-order valence-corrected chi connectivity index (χ2v) is 12.8. The maximum Gasteiger partial charge on any atom is 0.326 e. The number of halogens is 2. The van der Waals surface area contributed by atoms with Crippen molar-refractivity contribution in [3.05, 3.63) is 55.4 Å². The van der Waals surface area contributed by atoms with Crippen LogP contribution in [0.3, 0.4) is 0 Å². The van der Waals surface area contributed by atoms with Gasteiger partial charge in [-0.3, -0.25) is 14.2 Å². The fraction of sp³-hybridized carbons (Fsp3) is 0.522. The molecule has 2 rings (SSSR count). The van der Waals surface area contributed by atoms with Crippen LogP contribution in [0.2, 0.25) is 5.02 Å². The van der Waals surface area contributed by atoms with Gasteiger partial charge in [-0.15, -0.1) is 4.72 Å². The highest BCUT2D eigenvalue weighted by molar-refractivity contribution is 9.10. The minimum Gasteiger partial charge on any atom is -0.598 e. The molecule has 2 atom stereocenters. The largest absolute Gasteiger partial charge is 0.598 e. The molecule has 2 aromatic rings. The molecule has 1 aromatic carbocycles. The third-order valence-corrected chi connectivity index (χ3v) is 8.61. The van der Waals surface area contributed by atoms with Gasteiger partial charge in [-0.05, 0) is 87.3 Å². The van der Waals surface area contributed by atoms with Crippen molar-refractivity contribution < 1.29 is 14.1 Å². The number of aryl methyl sites for hydroxylation is 1. The van der Waals surface area contributed by atoms with E-state index in [4.69, 9.17) is 16.3 Å². The molecular formula is C23H31BrClN3O4S2. The van der Waals surface area contributed by atoms with E-state index in [1.165, 1.54) is 16.3 Å². The topological polar surface area (TPSA) is 96.3 Å². The summed E-state index contributed by atoms with van der Waals surface area (Å²) in [6.45, 7) is 9.45. The van der Waals surface area contributed by atoms with Gasteiger partial charge in [0.05, 0.1) is 17.8 Å². The Morgan fingerprint density at radius 1 is 1.29 bits per heavy atom. The molecule has 0 saturated carbocycles. The molecule has 11 heteroatoms. The Morgan fingerprint density at radius 3 is 2.44 bits per heavy atom. The standard InChI is InChI=1S/C23H31BrClN3O4S2/c1-7-32-18(29)14-28-20(30)19(24)17(26-21(28)33-6)12-13-23(5,27-34(31)22(2,3)4)15-8-10-16(25)11-9-15/h8-11,27H,7,12-14H2,1-6H3/t23-,34?/m1/s1. The van der Waals surface area contributed by atoms with E-state index in [0.29, 0.717) is 33.2 Å². The van der Waals surface area contributed by atoms with Gasteiger partial charge >= 0.3 is 5.97 Å². The predicted octanol–water partition coefficient (Wildman–Crippen LogP) is 4.84. The van der Waals surface area contributed by atoms with Gasteiger partial charge in [0.15, 0.2) is 5.16 Å². The summed E-state index contributed by atoms with van der Waals surface area (Å²) in [6.07, 6.45) is 2.74. The Labute approximate surface area is 221 Å². The zero-order chi connectivity index (χ0) is 25.7. The number of hydrogen-bond acceptors (Lipinski definition) is 7. The van der Waals surface area contributed by atoms with Crippen LogP contribution in [0.25, 0.3) is 0 Å². The number of nitrogens with zero attached hydrogens (tertiary/aromatic N) is 2. The Bertz CT molecular complexity index is 1060. The van der Waals surface area contributed by atoms with Crippen molar-refractivity contribution in [3.63, 3.8) is 0 Å². The quantitative estimate of drug-likeness (QED) is 0.182. The molecule has 0 aliphatic heterocycles. The Hall–Kier alpha value is -1.04. The minimum absolute atomic E-state index is 0.205. The summed E-state index contributed by atoms with van der Waals surface area (Å²) in [5, 5.41) is 1.04. The Balaban J connectivity index is 2.40. The van der Waals surface area contributed by atoms with Crippen molar-refractivity contribution in [1.29, 1.82) is 0 Å². The fourth-order valence-corrected chi connectivity index (χ4v) is 5.28. The summed E-state index contributed by atoms with van der Waals surface area (Å²) in [5.74, 6) is -0.495. The second-order valence-electron chi connectivity index (χ2n) is 8.88. The van der Waals surface area contributed by atoms with Gasteiger partial charge in [0.25, 0.3) is 5.56 Å². The van der Waals surface area contributed by atoms with Crippen LogP contribution in [0, 0.1) is 0 Å². The van der Waals surface area contributed by atoms with E-state index >= 15 is 0 Å². The van der Waals surface area contributed by atoms with E-state index in [1.54, 1.807) is 25.3 Å². The molecule has 0 aliphatic carbocycles. The summed E-state index contributed by atoms with van der Waals surface area (Å²) >= 11 is 9.42. The number of ether oxygens (including phenoxy) is 1. The van der Waals surface area contributed by atoms with Crippen LogP contribution in [0.15, 0.2) is 38.7 Å². The lowest BCUT2D eigenvalue weighted by Crippen LogP contribution is -2.50. The van der Waals surface area contributed by atoms with Crippen LogP contribution in [0.5, 0.6) is 0 Å². The molecule has 1 N–H and O–H groups in total. The lowest BCUT2D eigenvalue weighted by molar-refractivity contribution is -0.144. The van der Waals surface area contributed by atoms with Crippen LogP contribution in [0.4, 0.5) is 0 Å². The summed E-state index contributed by atoms with van der Waals surface area (Å²) in [6, 6.07) is 7.41. The van der Waals surface area contributed by atoms with Crippen LogP contribution < -0.4 is 10.3 Å². The highest BCUT2D eigenvalue weighted by atomic mass is 79.9. The molecule has 7 nitrogen and oxygen atoms in total. The van der Waals surface area contributed by atoms with E-state index in [2.05, 4.69) is 25.6 Å². The number of nitrogens with one attached hydrogen (secondary N) is 1. The summed E-state index contributed by atoms with van der Waals surface area (Å²) in [7, 11) is 0. The van der Waals surface area contributed by atoms with Crippen molar-refractivity contribution in [3.8, 4) is 0 Å². The van der Waals surface area contributed by atoms with Crippen LogP contribution in [0.1, 0.15) is 52.3 Å². The first-order valence-corrected chi connectivity index (χ1v) is 14.3. The van der Waals surface area contributed by atoms with E-state index < -0.39 is 27.6 Å². The van der Waals surface area contributed by atoms with E-state index in [9.17, 15) is 14.1 Å². The molecular weight excluding hydrogens is 562 g/mol. The van der Waals surface area contributed by atoms with Gasteiger partial charge in [-0.25, -0.2) is 4.98 Å². The van der Waals surface area contributed by atoms with Gasteiger partial charge in [0.1, 0.15) is 15.8 Å². The zero-order valence-corrected chi connectivity index (χ0v) is 24.2. The highest BCUT2D eigenvalue weighted by Gasteiger charge is 2.37. The third-order valence-electron chi connectivity index (χ3n) is 5.14. The molecule has 1 unspecified atom stereocenters. The first-order valence-electron chi connectivity index (χ1n) is 10.8. The number of carbonyl (C=O) groups is 1. The normalized spacial score (nSPS) is 14.5. The summed E-state index contributed by atoms with van der Waals surface area (Å²) < 4.78 is 22.4. The number of esters is 1. The number of rotatable bonds is 10. The van der Waals surface area contributed by atoms with Crippen LogP contribution >= 0.6 is 39.3 Å². The maximum absolute atomic E-state index is 13.0. The lowest BCUT2D eigenvalue weighted by Gasteiger charge is -2.35. The molecule has 0 spiro atoms. The monoisotopic (exact) mass is 591 g/mol. The number of aromatic nitrogens is 2.